The van der Waals surface area contributed by atoms with Gasteiger partial charge >= 0.3 is 5.97 Å². The molecule has 0 saturated carbocycles. The van der Waals surface area contributed by atoms with Gasteiger partial charge in [-0.25, -0.2) is 4.39 Å². The maximum atomic E-state index is 14.8. The fourth-order valence-electron chi connectivity index (χ4n) is 3.24. The second-order valence-electron chi connectivity index (χ2n) is 7.83. The number of aromatic nitrogens is 1. The van der Waals surface area contributed by atoms with Gasteiger partial charge in [-0.2, -0.15) is 0 Å². The molecule has 2 aromatic rings. The molecule has 3 N–H and O–H groups in total. The highest BCUT2D eigenvalue weighted by Crippen LogP contribution is 2.28. The van der Waals surface area contributed by atoms with E-state index in [1.165, 1.54) is 26.1 Å². The maximum absolute atomic E-state index is 14.8. The number of pyridine rings is 1. The van der Waals surface area contributed by atoms with Crippen LogP contribution in [0.5, 0.6) is 5.75 Å². The summed E-state index contributed by atoms with van der Waals surface area (Å²) in [4.78, 5) is 27.8. The van der Waals surface area contributed by atoms with Gasteiger partial charge in [0.1, 0.15) is 11.9 Å². The summed E-state index contributed by atoms with van der Waals surface area (Å²) in [5.41, 5.74) is 7.78. The number of aliphatic hydroxyl groups excluding tert-OH is 1. The van der Waals surface area contributed by atoms with Crippen LogP contribution in [0.1, 0.15) is 61.8 Å². The van der Waals surface area contributed by atoms with Gasteiger partial charge in [-0.3, -0.25) is 14.6 Å². The summed E-state index contributed by atoms with van der Waals surface area (Å²) < 4.78 is 26.0. The van der Waals surface area contributed by atoms with Gasteiger partial charge < -0.3 is 20.3 Å². The molecule has 0 radical (unpaired) electrons. The van der Waals surface area contributed by atoms with Gasteiger partial charge in [0.2, 0.25) is 0 Å². The number of esters is 1. The van der Waals surface area contributed by atoms with E-state index in [4.69, 9.17) is 15.2 Å². The molecule has 0 saturated heterocycles. The Morgan fingerprint density at radius 1 is 1.24 bits per heavy atom. The highest BCUT2D eigenvalue weighted by atomic mass is 19.1. The lowest BCUT2D eigenvalue weighted by Crippen LogP contribution is -2.16. The number of halogens is 1. The van der Waals surface area contributed by atoms with Crippen molar-refractivity contribution in [2.45, 2.75) is 53.7 Å². The van der Waals surface area contributed by atoms with E-state index in [0.29, 0.717) is 22.4 Å². The van der Waals surface area contributed by atoms with Crippen LogP contribution < -0.4 is 10.5 Å². The first kappa shape index (κ1) is 26.7. The van der Waals surface area contributed by atoms with Crippen molar-refractivity contribution in [1.29, 1.82) is 0 Å². The van der Waals surface area contributed by atoms with E-state index < -0.39 is 17.9 Å². The van der Waals surface area contributed by atoms with Crippen molar-refractivity contribution in [1.82, 2.24) is 4.98 Å². The smallest absolute Gasteiger partial charge is 0.310 e. The summed E-state index contributed by atoms with van der Waals surface area (Å²) >= 11 is 0. The molecule has 7 nitrogen and oxygen atoms in total. The fraction of sp³-hybridized carbons (Fsp3) is 0.346. The first-order valence-electron chi connectivity index (χ1n) is 11.0. The Hall–Kier alpha value is -3.52. The SMILES string of the molecule is CCOC(=O)Cc1ccc(C(C)=O)cc1O[C@H](C)/C(C)=C\C(=C(/C)O)c1ccnc(CN)c1F. The molecule has 0 aliphatic carbocycles. The average Bonchev–Trinajstić information content (AvgIpc) is 2.78. The topological polar surface area (TPSA) is 112 Å². The molecule has 34 heavy (non-hydrogen) atoms. The lowest BCUT2D eigenvalue weighted by atomic mass is 9.99. The number of carbonyl (C=O) groups excluding carboxylic acids is 2. The molecule has 1 heterocycles. The number of nitrogens with two attached hydrogens (primary N) is 1. The average molecular weight is 471 g/mol. The number of rotatable bonds is 10. The molecule has 0 bridgehead atoms. The van der Waals surface area contributed by atoms with Gasteiger partial charge in [0.15, 0.2) is 11.6 Å². The van der Waals surface area contributed by atoms with Crippen LogP contribution in [0.25, 0.3) is 5.57 Å². The summed E-state index contributed by atoms with van der Waals surface area (Å²) in [5.74, 6) is -0.865. The van der Waals surface area contributed by atoms with Gasteiger partial charge in [0, 0.05) is 35.0 Å². The van der Waals surface area contributed by atoms with Crippen LogP contribution >= 0.6 is 0 Å². The summed E-state index contributed by atoms with van der Waals surface area (Å²) in [6, 6.07) is 6.35. The highest BCUT2D eigenvalue weighted by molar-refractivity contribution is 5.94. The van der Waals surface area contributed by atoms with Gasteiger partial charge in [-0.1, -0.05) is 12.1 Å². The number of hydrogen-bond donors (Lipinski definition) is 2. The third-order valence-corrected chi connectivity index (χ3v) is 5.27. The standard InChI is InChI=1S/C26H31FN2O5/c1-6-33-25(32)13-20-8-7-19(16(3)30)12-24(20)34-18(5)15(2)11-22(17(4)31)21-9-10-29-23(14-28)26(21)27/h7-12,18,31H,6,13-14,28H2,1-5H3/b15-11-,22-17-/t18-/m1/s1. The van der Waals surface area contributed by atoms with Crippen LogP contribution in [0.2, 0.25) is 0 Å². The van der Waals surface area contributed by atoms with E-state index in [-0.39, 0.29) is 47.9 Å². The summed E-state index contributed by atoms with van der Waals surface area (Å²) in [5, 5.41) is 10.3. The quantitative estimate of drug-likeness (QED) is 0.224. The number of aliphatic hydroxyl groups is 1. The van der Waals surface area contributed by atoms with Gasteiger partial charge in [0.05, 0.1) is 24.5 Å². The van der Waals surface area contributed by atoms with E-state index in [2.05, 4.69) is 4.98 Å². The zero-order valence-corrected chi connectivity index (χ0v) is 20.1. The first-order valence-corrected chi connectivity index (χ1v) is 11.0. The third-order valence-electron chi connectivity index (χ3n) is 5.27. The molecule has 8 heteroatoms. The van der Waals surface area contributed by atoms with Crippen LogP contribution in [0.15, 0.2) is 47.9 Å². The number of Topliss-reactive ketones (excluding diaryl/α,β-unsaturated/α-hetero) is 1. The minimum atomic E-state index is -0.600. The molecule has 2 rings (SSSR count). The maximum Gasteiger partial charge on any atom is 0.310 e. The third kappa shape index (κ3) is 6.74. The predicted molar refractivity (Wildman–Crippen MR) is 128 cm³/mol. The van der Waals surface area contributed by atoms with Gasteiger partial charge in [-0.15, -0.1) is 0 Å². The molecule has 182 valence electrons. The Balaban J connectivity index is 2.40. The van der Waals surface area contributed by atoms with E-state index in [1.54, 1.807) is 45.0 Å². The van der Waals surface area contributed by atoms with Crippen molar-refractivity contribution in [2.24, 2.45) is 5.73 Å². The number of nitrogens with zero attached hydrogens (tertiary/aromatic N) is 1. The van der Waals surface area contributed by atoms with Crippen molar-refractivity contribution in [3.63, 3.8) is 0 Å². The van der Waals surface area contributed by atoms with E-state index in [0.717, 1.165) is 0 Å². The zero-order chi connectivity index (χ0) is 25.4. The molecule has 0 aliphatic heterocycles. The number of ketones is 1. The van der Waals surface area contributed by atoms with Crippen LogP contribution in [-0.4, -0.2) is 34.6 Å². The molecule has 1 aromatic carbocycles. The number of ether oxygens (including phenoxy) is 2. The monoisotopic (exact) mass is 470 g/mol. The number of hydrogen-bond acceptors (Lipinski definition) is 7. The largest absolute Gasteiger partial charge is 0.512 e. The Bertz CT molecular complexity index is 1120. The van der Waals surface area contributed by atoms with Crippen LogP contribution in [-0.2, 0) is 22.5 Å². The summed E-state index contributed by atoms with van der Waals surface area (Å²) in [6.45, 7) is 8.36. The van der Waals surface area contributed by atoms with E-state index in [1.807, 2.05) is 0 Å². The lowest BCUT2D eigenvalue weighted by Gasteiger charge is -2.20. The van der Waals surface area contributed by atoms with Crippen LogP contribution in [0.3, 0.4) is 0 Å². The minimum absolute atomic E-state index is 0.0121. The normalized spacial score (nSPS) is 13.2. The Kier molecular flexibility index (Phi) is 9.50. The fourth-order valence-corrected chi connectivity index (χ4v) is 3.24. The van der Waals surface area contributed by atoms with Crippen molar-refractivity contribution in [3.8, 4) is 5.75 Å². The first-order chi connectivity index (χ1) is 16.1. The van der Waals surface area contributed by atoms with E-state index in [9.17, 15) is 19.1 Å². The van der Waals surface area contributed by atoms with E-state index >= 15 is 0 Å². The highest BCUT2D eigenvalue weighted by Gasteiger charge is 2.18. The molecule has 0 amide bonds. The second kappa shape index (κ2) is 12.1. The molecule has 0 unspecified atom stereocenters. The molecule has 1 atom stereocenters. The Morgan fingerprint density at radius 3 is 2.53 bits per heavy atom. The van der Waals surface area contributed by atoms with Crippen molar-refractivity contribution < 1.29 is 28.6 Å². The number of benzene rings is 1. The molecular formula is C26H31FN2O5. The van der Waals surface area contributed by atoms with Crippen LogP contribution in [0.4, 0.5) is 4.39 Å². The van der Waals surface area contributed by atoms with Gasteiger partial charge in [0.25, 0.3) is 0 Å². The summed E-state index contributed by atoms with van der Waals surface area (Å²) in [6.07, 6.45) is 2.51. The molecule has 0 aliphatic rings. The zero-order valence-electron chi connectivity index (χ0n) is 20.1. The molecule has 0 spiro atoms. The van der Waals surface area contributed by atoms with Crippen LogP contribution in [0, 0.1) is 5.82 Å². The Labute approximate surface area is 199 Å². The Morgan fingerprint density at radius 2 is 1.94 bits per heavy atom. The van der Waals surface area contributed by atoms with Crippen molar-refractivity contribution >= 4 is 17.3 Å². The number of carbonyl (C=O) groups is 2. The predicted octanol–water partition coefficient (Wildman–Crippen LogP) is 4.69. The minimum Gasteiger partial charge on any atom is -0.512 e. The van der Waals surface area contributed by atoms with Crippen molar-refractivity contribution in [2.75, 3.05) is 6.61 Å². The summed E-state index contributed by atoms with van der Waals surface area (Å²) in [7, 11) is 0. The number of allylic oxidation sites excluding steroid dienone is 3. The molecule has 0 fully saturated rings. The molecule has 1 aromatic heterocycles. The van der Waals surface area contributed by atoms with Crippen molar-refractivity contribution in [3.05, 3.63) is 76.1 Å². The lowest BCUT2D eigenvalue weighted by molar-refractivity contribution is -0.142. The second-order valence-corrected chi connectivity index (χ2v) is 7.83. The van der Waals surface area contributed by atoms with Gasteiger partial charge in [-0.05, 0) is 58.4 Å². The molecular weight excluding hydrogens is 439 g/mol.